The van der Waals surface area contributed by atoms with Gasteiger partial charge in [-0.1, -0.05) is 24.3 Å². The molecule has 0 aliphatic carbocycles. The maximum absolute atomic E-state index is 9.51. The number of aliphatic hydroxyl groups is 1. The van der Waals surface area contributed by atoms with Crippen LogP contribution in [0.25, 0.3) is 0 Å². The largest absolute Gasteiger partial charge is 0.497 e. The Bertz CT molecular complexity index is 532. The number of hydrogen-bond acceptors (Lipinski definition) is 3. The van der Waals surface area contributed by atoms with Crippen LogP contribution in [0.15, 0.2) is 48.5 Å². The van der Waals surface area contributed by atoms with E-state index in [-0.39, 0.29) is 0 Å². The number of nitrogens with zero attached hydrogens (tertiary/aromatic N) is 1. The second-order valence-corrected chi connectivity index (χ2v) is 4.97. The minimum absolute atomic E-state index is 0.420. The first kappa shape index (κ1) is 14.4. The van der Waals surface area contributed by atoms with Crippen molar-refractivity contribution in [2.45, 2.75) is 19.6 Å². The summed E-state index contributed by atoms with van der Waals surface area (Å²) in [5.74, 6) is 0.873. The number of rotatable bonds is 5. The molecule has 3 heteroatoms. The molecule has 0 fully saturated rings. The summed E-state index contributed by atoms with van der Waals surface area (Å²) in [6, 6.07) is 16.1. The molecule has 0 heterocycles. The molecule has 0 amide bonds. The molecule has 0 saturated heterocycles. The third-order valence-corrected chi connectivity index (χ3v) is 3.40. The summed E-state index contributed by atoms with van der Waals surface area (Å²) in [6.45, 7) is 2.61. The highest BCUT2D eigenvalue weighted by molar-refractivity contribution is 5.48. The smallest absolute Gasteiger partial charge is 0.118 e. The molecule has 20 heavy (non-hydrogen) atoms. The lowest BCUT2D eigenvalue weighted by Gasteiger charge is -2.20. The summed E-state index contributed by atoms with van der Waals surface area (Å²) in [7, 11) is 3.73. The van der Waals surface area contributed by atoms with E-state index in [4.69, 9.17) is 4.74 Å². The van der Waals surface area contributed by atoms with Gasteiger partial charge in [-0.25, -0.2) is 0 Å². The minimum atomic E-state index is -0.420. The molecule has 0 aromatic heterocycles. The van der Waals surface area contributed by atoms with Crippen molar-refractivity contribution >= 4 is 5.69 Å². The molecule has 0 aliphatic heterocycles. The molecule has 0 aliphatic rings. The average molecular weight is 271 g/mol. The molecule has 0 bridgehead atoms. The molecule has 0 unspecified atom stereocenters. The van der Waals surface area contributed by atoms with Crippen LogP contribution in [0.5, 0.6) is 5.75 Å². The Kier molecular flexibility index (Phi) is 4.64. The van der Waals surface area contributed by atoms with E-state index in [1.54, 1.807) is 14.0 Å². The Morgan fingerprint density at radius 2 is 1.65 bits per heavy atom. The van der Waals surface area contributed by atoms with E-state index in [0.29, 0.717) is 0 Å². The summed E-state index contributed by atoms with van der Waals surface area (Å²) < 4.78 is 5.16. The van der Waals surface area contributed by atoms with Crippen LogP contribution in [-0.4, -0.2) is 19.3 Å². The molecular weight excluding hydrogens is 250 g/mol. The monoisotopic (exact) mass is 271 g/mol. The fraction of sp³-hybridized carbons (Fsp3) is 0.294. The number of anilines is 1. The van der Waals surface area contributed by atoms with Crippen LogP contribution in [-0.2, 0) is 6.54 Å². The SMILES string of the molecule is COc1ccc(CN(C)c2ccc([C@H](C)O)cc2)cc1. The van der Waals surface area contributed by atoms with Crippen LogP contribution < -0.4 is 9.64 Å². The third-order valence-electron chi connectivity index (χ3n) is 3.40. The van der Waals surface area contributed by atoms with Crippen molar-refractivity contribution < 1.29 is 9.84 Å². The Balaban J connectivity index is 2.04. The maximum atomic E-state index is 9.51. The molecule has 2 aromatic rings. The van der Waals surface area contributed by atoms with E-state index in [1.807, 2.05) is 36.4 Å². The van der Waals surface area contributed by atoms with Gasteiger partial charge in [0.1, 0.15) is 5.75 Å². The zero-order chi connectivity index (χ0) is 14.5. The van der Waals surface area contributed by atoms with Crippen molar-refractivity contribution in [3.8, 4) is 5.75 Å². The molecule has 1 N–H and O–H groups in total. The molecular formula is C17H21NO2. The number of benzene rings is 2. The lowest BCUT2D eigenvalue weighted by atomic mass is 10.1. The molecule has 2 aromatic carbocycles. The summed E-state index contributed by atoms with van der Waals surface area (Å²) in [6.07, 6.45) is -0.420. The van der Waals surface area contributed by atoms with Gasteiger partial charge in [-0.3, -0.25) is 0 Å². The minimum Gasteiger partial charge on any atom is -0.497 e. The van der Waals surface area contributed by atoms with E-state index in [1.165, 1.54) is 5.56 Å². The Morgan fingerprint density at radius 3 is 2.15 bits per heavy atom. The highest BCUT2D eigenvalue weighted by Gasteiger charge is 2.04. The quantitative estimate of drug-likeness (QED) is 0.905. The molecule has 3 nitrogen and oxygen atoms in total. The Labute approximate surface area is 120 Å². The second kappa shape index (κ2) is 6.44. The second-order valence-electron chi connectivity index (χ2n) is 4.97. The van der Waals surface area contributed by atoms with E-state index < -0.39 is 6.10 Å². The molecule has 106 valence electrons. The van der Waals surface area contributed by atoms with Crippen molar-refractivity contribution in [3.63, 3.8) is 0 Å². The van der Waals surface area contributed by atoms with Crippen molar-refractivity contribution in [1.82, 2.24) is 0 Å². The van der Waals surface area contributed by atoms with E-state index >= 15 is 0 Å². The molecule has 0 radical (unpaired) electrons. The molecule has 1 atom stereocenters. The van der Waals surface area contributed by atoms with E-state index in [0.717, 1.165) is 23.5 Å². The predicted molar refractivity (Wildman–Crippen MR) is 82.2 cm³/mol. The highest BCUT2D eigenvalue weighted by atomic mass is 16.5. The van der Waals surface area contributed by atoms with Crippen LogP contribution in [0.3, 0.4) is 0 Å². The summed E-state index contributed by atoms with van der Waals surface area (Å²) in [5.41, 5.74) is 3.30. The summed E-state index contributed by atoms with van der Waals surface area (Å²) in [4.78, 5) is 2.17. The third kappa shape index (κ3) is 3.52. The highest BCUT2D eigenvalue weighted by Crippen LogP contribution is 2.20. The number of ether oxygens (including phenoxy) is 1. The van der Waals surface area contributed by atoms with Crippen LogP contribution in [0, 0.1) is 0 Å². The summed E-state index contributed by atoms with van der Waals surface area (Å²) >= 11 is 0. The lowest BCUT2D eigenvalue weighted by Crippen LogP contribution is -2.16. The van der Waals surface area contributed by atoms with Gasteiger partial charge in [0.25, 0.3) is 0 Å². The zero-order valence-corrected chi connectivity index (χ0v) is 12.2. The van der Waals surface area contributed by atoms with Gasteiger partial charge in [-0.2, -0.15) is 0 Å². The number of methoxy groups -OCH3 is 1. The van der Waals surface area contributed by atoms with Gasteiger partial charge in [0, 0.05) is 19.3 Å². The van der Waals surface area contributed by atoms with Crippen LogP contribution in [0.2, 0.25) is 0 Å². The van der Waals surface area contributed by atoms with Crippen molar-refractivity contribution in [1.29, 1.82) is 0 Å². The molecule has 0 spiro atoms. The Morgan fingerprint density at radius 1 is 1.05 bits per heavy atom. The van der Waals surface area contributed by atoms with Gasteiger partial charge in [-0.15, -0.1) is 0 Å². The maximum Gasteiger partial charge on any atom is 0.118 e. The average Bonchev–Trinajstić information content (AvgIpc) is 2.48. The van der Waals surface area contributed by atoms with Crippen LogP contribution >= 0.6 is 0 Å². The van der Waals surface area contributed by atoms with Gasteiger partial charge in [0.2, 0.25) is 0 Å². The molecule has 2 rings (SSSR count). The van der Waals surface area contributed by atoms with E-state index in [9.17, 15) is 5.11 Å². The van der Waals surface area contributed by atoms with Crippen molar-refractivity contribution in [3.05, 3.63) is 59.7 Å². The number of hydrogen-bond donors (Lipinski definition) is 1. The predicted octanol–water partition coefficient (Wildman–Crippen LogP) is 3.38. The van der Waals surface area contributed by atoms with Gasteiger partial charge >= 0.3 is 0 Å². The van der Waals surface area contributed by atoms with Gasteiger partial charge < -0.3 is 14.7 Å². The first-order chi connectivity index (χ1) is 9.60. The fourth-order valence-corrected chi connectivity index (χ4v) is 2.10. The normalized spacial score (nSPS) is 12.0. The first-order valence-corrected chi connectivity index (χ1v) is 6.72. The zero-order valence-electron chi connectivity index (χ0n) is 12.2. The lowest BCUT2D eigenvalue weighted by molar-refractivity contribution is 0.199. The van der Waals surface area contributed by atoms with Crippen molar-refractivity contribution in [2.75, 3.05) is 19.1 Å². The molecule has 0 saturated carbocycles. The fourth-order valence-electron chi connectivity index (χ4n) is 2.10. The summed E-state index contributed by atoms with van der Waals surface area (Å²) in [5, 5.41) is 9.51. The van der Waals surface area contributed by atoms with Gasteiger partial charge in [0.15, 0.2) is 0 Å². The Hall–Kier alpha value is -2.00. The number of aliphatic hydroxyl groups excluding tert-OH is 1. The van der Waals surface area contributed by atoms with Gasteiger partial charge in [0.05, 0.1) is 13.2 Å². The first-order valence-electron chi connectivity index (χ1n) is 6.72. The topological polar surface area (TPSA) is 32.7 Å². The standard InChI is InChI=1S/C17H21NO2/c1-13(19)15-6-8-16(9-7-15)18(2)12-14-4-10-17(20-3)11-5-14/h4-11,13,19H,12H2,1-3H3/t13-/m0/s1. The van der Waals surface area contributed by atoms with Crippen molar-refractivity contribution in [2.24, 2.45) is 0 Å². The van der Waals surface area contributed by atoms with Crippen LogP contribution in [0.4, 0.5) is 5.69 Å². The van der Waals surface area contributed by atoms with E-state index in [2.05, 4.69) is 24.1 Å². The van der Waals surface area contributed by atoms with Crippen LogP contribution in [0.1, 0.15) is 24.2 Å². The van der Waals surface area contributed by atoms with Gasteiger partial charge in [-0.05, 0) is 42.3 Å².